The predicted molar refractivity (Wildman–Crippen MR) is 112 cm³/mol. The third-order valence-electron chi connectivity index (χ3n) is 5.23. The van der Waals surface area contributed by atoms with Gasteiger partial charge >= 0.3 is 6.03 Å². The molecule has 3 aromatic rings. The number of nitrogens with one attached hydrogen (secondary N) is 1. The van der Waals surface area contributed by atoms with Crippen molar-refractivity contribution in [3.05, 3.63) is 41.5 Å². The molecular weight excluding hydrogens is 398 g/mol. The Hall–Kier alpha value is -3.74. The zero-order valence-corrected chi connectivity index (χ0v) is 17.7. The lowest BCUT2D eigenvalue weighted by Gasteiger charge is -2.34. The summed E-state index contributed by atoms with van der Waals surface area (Å²) < 4.78 is 13.0. The first kappa shape index (κ1) is 20.5. The Kier molecular flexibility index (Phi) is 5.93. The number of urea groups is 1. The van der Waals surface area contributed by atoms with Crippen molar-refractivity contribution in [2.75, 3.05) is 37.6 Å². The predicted octanol–water partition coefficient (Wildman–Crippen LogP) is 2.54. The van der Waals surface area contributed by atoms with E-state index < -0.39 is 0 Å². The molecule has 0 aliphatic carbocycles. The highest BCUT2D eigenvalue weighted by atomic mass is 16.4. The van der Waals surface area contributed by atoms with Crippen molar-refractivity contribution < 1.29 is 13.6 Å². The molecule has 10 nitrogen and oxygen atoms in total. The van der Waals surface area contributed by atoms with Gasteiger partial charge in [0.25, 0.3) is 5.89 Å². The van der Waals surface area contributed by atoms with Gasteiger partial charge in [0, 0.05) is 45.0 Å². The summed E-state index contributed by atoms with van der Waals surface area (Å²) in [6, 6.07) is 7.50. The largest absolute Gasteiger partial charge is 0.459 e. The second-order valence-corrected chi connectivity index (χ2v) is 7.47. The minimum atomic E-state index is -0.0811. The number of anilines is 1. The van der Waals surface area contributed by atoms with Crippen LogP contribution in [0.15, 0.2) is 33.3 Å². The molecule has 1 aliphatic rings. The van der Waals surface area contributed by atoms with Crippen LogP contribution in [0, 0.1) is 25.2 Å². The molecule has 3 aromatic heterocycles. The van der Waals surface area contributed by atoms with Gasteiger partial charge < -0.3 is 24.0 Å². The number of rotatable bonds is 6. The fourth-order valence-electron chi connectivity index (χ4n) is 3.65. The smallest absolute Gasteiger partial charge is 0.317 e. The van der Waals surface area contributed by atoms with Crippen molar-refractivity contribution in [1.29, 1.82) is 5.26 Å². The lowest BCUT2D eigenvalue weighted by Crippen LogP contribution is -2.52. The zero-order chi connectivity index (χ0) is 21.8. The molecule has 0 bridgehead atoms. The molecule has 4 rings (SSSR count). The number of oxazole rings is 1. The minimum Gasteiger partial charge on any atom is -0.459 e. The maximum absolute atomic E-state index is 12.5. The van der Waals surface area contributed by atoms with E-state index in [9.17, 15) is 10.1 Å². The SMILES string of the molecule is Cc1cc(C)n(CCCNC(=O)N2CCN(c3oc(-c4ccco4)nc3C#N)CC2)n1. The van der Waals surface area contributed by atoms with E-state index in [0.29, 0.717) is 44.4 Å². The second-order valence-electron chi connectivity index (χ2n) is 7.47. The molecule has 2 amide bonds. The summed E-state index contributed by atoms with van der Waals surface area (Å²) in [7, 11) is 0. The van der Waals surface area contributed by atoms with E-state index in [0.717, 1.165) is 24.4 Å². The lowest BCUT2D eigenvalue weighted by atomic mass is 10.3. The molecule has 4 heterocycles. The molecule has 0 spiro atoms. The quantitative estimate of drug-likeness (QED) is 0.606. The molecule has 0 radical (unpaired) electrons. The van der Waals surface area contributed by atoms with Crippen LogP contribution in [-0.2, 0) is 6.54 Å². The first-order chi connectivity index (χ1) is 15.0. The highest BCUT2D eigenvalue weighted by molar-refractivity contribution is 5.74. The van der Waals surface area contributed by atoms with E-state index >= 15 is 0 Å². The van der Waals surface area contributed by atoms with E-state index in [1.54, 1.807) is 17.0 Å². The summed E-state index contributed by atoms with van der Waals surface area (Å²) >= 11 is 0. The van der Waals surface area contributed by atoms with Crippen molar-refractivity contribution in [2.24, 2.45) is 0 Å². The van der Waals surface area contributed by atoms with Gasteiger partial charge in [-0.1, -0.05) is 0 Å². The van der Waals surface area contributed by atoms with Gasteiger partial charge in [0.1, 0.15) is 6.07 Å². The van der Waals surface area contributed by atoms with E-state index in [4.69, 9.17) is 8.83 Å². The first-order valence-corrected chi connectivity index (χ1v) is 10.3. The number of piperazine rings is 1. The Bertz CT molecular complexity index is 1070. The van der Waals surface area contributed by atoms with Gasteiger partial charge in [-0.15, -0.1) is 0 Å². The third-order valence-corrected chi connectivity index (χ3v) is 5.23. The van der Waals surface area contributed by atoms with E-state index in [1.807, 2.05) is 29.5 Å². The van der Waals surface area contributed by atoms with Crippen LogP contribution in [0.3, 0.4) is 0 Å². The number of hydrogen-bond acceptors (Lipinski definition) is 7. The molecular formula is C21H25N7O3. The number of aryl methyl sites for hydroxylation is 3. The van der Waals surface area contributed by atoms with Gasteiger partial charge in [0.15, 0.2) is 5.76 Å². The lowest BCUT2D eigenvalue weighted by molar-refractivity contribution is 0.193. The topological polar surface area (TPSA) is 116 Å². The van der Waals surface area contributed by atoms with Gasteiger partial charge in [-0.25, -0.2) is 4.79 Å². The summed E-state index contributed by atoms with van der Waals surface area (Å²) in [5, 5.41) is 16.8. The van der Waals surface area contributed by atoms with Crippen molar-refractivity contribution >= 4 is 11.9 Å². The van der Waals surface area contributed by atoms with Gasteiger partial charge in [0.2, 0.25) is 11.6 Å². The standard InChI is InChI=1S/C21H25N7O3/c1-15-13-16(2)28(25-15)7-4-6-23-21(29)27-10-8-26(9-11-27)20-17(14-22)24-19(31-20)18-5-3-12-30-18/h3,5,12-13H,4,6-11H2,1-2H3,(H,23,29). The normalized spacial score (nSPS) is 14.0. The molecule has 31 heavy (non-hydrogen) atoms. The van der Waals surface area contributed by atoms with Crippen LogP contribution >= 0.6 is 0 Å². The number of furan rings is 1. The molecule has 0 aromatic carbocycles. The number of carbonyl (C=O) groups is 1. The fraction of sp³-hybridized carbons (Fsp3) is 0.429. The van der Waals surface area contributed by atoms with Crippen molar-refractivity contribution in [3.63, 3.8) is 0 Å². The molecule has 1 saturated heterocycles. The van der Waals surface area contributed by atoms with Crippen molar-refractivity contribution in [2.45, 2.75) is 26.8 Å². The number of hydrogen-bond donors (Lipinski definition) is 1. The second kappa shape index (κ2) is 8.95. The third kappa shape index (κ3) is 4.55. The number of carbonyl (C=O) groups excluding carboxylic acids is 1. The average Bonchev–Trinajstić information content (AvgIpc) is 3.51. The molecule has 162 valence electrons. The Balaban J connectivity index is 1.26. The summed E-state index contributed by atoms with van der Waals surface area (Å²) in [5.74, 6) is 1.17. The van der Waals surface area contributed by atoms with E-state index in [1.165, 1.54) is 6.26 Å². The van der Waals surface area contributed by atoms with Gasteiger partial charge in [-0.05, 0) is 38.5 Å². The Morgan fingerprint density at radius 1 is 1.29 bits per heavy atom. The molecule has 0 unspecified atom stereocenters. The van der Waals surface area contributed by atoms with Crippen LogP contribution in [0.5, 0.6) is 0 Å². The highest BCUT2D eigenvalue weighted by Gasteiger charge is 2.27. The van der Waals surface area contributed by atoms with Crippen LogP contribution in [0.1, 0.15) is 23.5 Å². The maximum Gasteiger partial charge on any atom is 0.317 e. The molecule has 1 aliphatic heterocycles. The number of nitriles is 1. The van der Waals surface area contributed by atoms with E-state index in [2.05, 4.69) is 21.5 Å². The van der Waals surface area contributed by atoms with Gasteiger partial charge in [0.05, 0.1) is 12.0 Å². The van der Waals surface area contributed by atoms with Gasteiger partial charge in [-0.2, -0.15) is 15.3 Å². The Labute approximate surface area is 180 Å². The van der Waals surface area contributed by atoms with Crippen LogP contribution in [-0.4, -0.2) is 58.4 Å². The number of nitrogens with zero attached hydrogens (tertiary/aromatic N) is 6. The fourth-order valence-corrected chi connectivity index (χ4v) is 3.65. The molecule has 10 heteroatoms. The average molecular weight is 423 g/mol. The molecule has 0 atom stereocenters. The van der Waals surface area contributed by atoms with Crippen LogP contribution < -0.4 is 10.2 Å². The van der Waals surface area contributed by atoms with Crippen LogP contribution in [0.25, 0.3) is 11.7 Å². The number of aromatic nitrogens is 3. The van der Waals surface area contributed by atoms with Crippen LogP contribution in [0.4, 0.5) is 10.7 Å². The summed E-state index contributed by atoms with van der Waals surface area (Å²) in [6.07, 6.45) is 2.34. The summed E-state index contributed by atoms with van der Waals surface area (Å²) in [6.45, 7) is 7.54. The van der Waals surface area contributed by atoms with E-state index in [-0.39, 0.29) is 17.6 Å². The molecule has 0 saturated carbocycles. The molecule has 1 fully saturated rings. The highest BCUT2D eigenvalue weighted by Crippen LogP contribution is 2.29. The Morgan fingerprint density at radius 3 is 2.74 bits per heavy atom. The van der Waals surface area contributed by atoms with Gasteiger partial charge in [-0.3, -0.25) is 4.68 Å². The minimum absolute atomic E-state index is 0.0811. The van der Waals surface area contributed by atoms with Crippen molar-refractivity contribution in [3.8, 4) is 17.7 Å². The summed E-state index contributed by atoms with van der Waals surface area (Å²) in [4.78, 5) is 20.4. The zero-order valence-electron chi connectivity index (χ0n) is 17.7. The number of amides is 2. The maximum atomic E-state index is 12.5. The van der Waals surface area contributed by atoms with Crippen molar-refractivity contribution in [1.82, 2.24) is 25.0 Å². The molecule has 1 N–H and O–H groups in total. The van der Waals surface area contributed by atoms with Crippen LogP contribution in [0.2, 0.25) is 0 Å². The first-order valence-electron chi connectivity index (χ1n) is 10.3. The Morgan fingerprint density at radius 2 is 2.10 bits per heavy atom. The summed E-state index contributed by atoms with van der Waals surface area (Å²) in [5.41, 5.74) is 2.34. The monoisotopic (exact) mass is 423 g/mol.